The van der Waals surface area contributed by atoms with E-state index in [0.717, 1.165) is 17.0 Å². The number of nitrogens with zero attached hydrogens (tertiary/aromatic N) is 2. The van der Waals surface area contributed by atoms with E-state index in [1.54, 1.807) is 10.7 Å². The molecule has 0 aliphatic rings. The van der Waals surface area contributed by atoms with Gasteiger partial charge in [0.1, 0.15) is 4.90 Å². The first-order chi connectivity index (χ1) is 9.72. The third-order valence-corrected chi connectivity index (χ3v) is 5.06. The predicted molar refractivity (Wildman–Crippen MR) is 82.6 cm³/mol. The molecule has 3 N–H and O–H groups in total. The molecule has 0 saturated carbocycles. The number of hydrogen-bond acceptors (Lipinski definition) is 4. The third-order valence-electron chi connectivity index (χ3n) is 3.36. The van der Waals surface area contributed by atoms with Gasteiger partial charge in [-0.05, 0) is 32.0 Å². The van der Waals surface area contributed by atoms with Gasteiger partial charge < -0.3 is 5.73 Å². The molecule has 0 amide bonds. The SMILES string of the molecule is Cc1nn(C)c(C)c1CNS(=O)(=O)c1cc(Cl)ccc1N. The highest BCUT2D eigenvalue weighted by Crippen LogP contribution is 2.23. The van der Waals surface area contributed by atoms with Crippen LogP contribution >= 0.6 is 11.6 Å². The normalized spacial score (nSPS) is 11.8. The molecule has 8 heteroatoms. The van der Waals surface area contributed by atoms with Gasteiger partial charge in [-0.2, -0.15) is 5.10 Å². The number of aromatic nitrogens is 2. The van der Waals surface area contributed by atoms with E-state index < -0.39 is 10.0 Å². The summed E-state index contributed by atoms with van der Waals surface area (Å²) < 4.78 is 28.9. The highest BCUT2D eigenvalue weighted by atomic mass is 35.5. The summed E-state index contributed by atoms with van der Waals surface area (Å²) in [5, 5.41) is 4.57. The fourth-order valence-corrected chi connectivity index (χ4v) is 3.45. The van der Waals surface area contributed by atoms with Crippen LogP contribution in [0.25, 0.3) is 0 Å². The van der Waals surface area contributed by atoms with Gasteiger partial charge in [-0.15, -0.1) is 0 Å². The van der Waals surface area contributed by atoms with Crippen LogP contribution in [0.4, 0.5) is 5.69 Å². The predicted octanol–water partition coefficient (Wildman–Crippen LogP) is 1.75. The summed E-state index contributed by atoms with van der Waals surface area (Å²) in [6.45, 7) is 3.88. The van der Waals surface area contributed by atoms with Crippen LogP contribution < -0.4 is 10.5 Å². The van der Waals surface area contributed by atoms with Crippen molar-refractivity contribution in [3.05, 3.63) is 40.2 Å². The average Bonchev–Trinajstić information content (AvgIpc) is 2.64. The summed E-state index contributed by atoms with van der Waals surface area (Å²) in [4.78, 5) is -0.0193. The quantitative estimate of drug-likeness (QED) is 0.837. The van der Waals surface area contributed by atoms with Gasteiger partial charge in [0.05, 0.1) is 11.4 Å². The van der Waals surface area contributed by atoms with Crippen LogP contribution in [0, 0.1) is 13.8 Å². The molecule has 1 aromatic heterocycles. The second kappa shape index (κ2) is 5.67. The lowest BCUT2D eigenvalue weighted by Gasteiger charge is -2.10. The Morgan fingerprint density at radius 2 is 2.05 bits per heavy atom. The Morgan fingerprint density at radius 3 is 2.62 bits per heavy atom. The highest BCUT2D eigenvalue weighted by molar-refractivity contribution is 7.89. The lowest BCUT2D eigenvalue weighted by molar-refractivity contribution is 0.581. The Kier molecular flexibility index (Phi) is 4.27. The molecule has 1 heterocycles. The van der Waals surface area contributed by atoms with Crippen molar-refractivity contribution >= 4 is 27.3 Å². The molecule has 0 unspecified atom stereocenters. The van der Waals surface area contributed by atoms with E-state index in [1.807, 2.05) is 20.9 Å². The van der Waals surface area contributed by atoms with Crippen molar-refractivity contribution in [3.8, 4) is 0 Å². The standard InChI is InChI=1S/C13H17ClN4O2S/c1-8-11(9(2)18(3)17-8)7-16-21(19,20)13-6-10(14)4-5-12(13)15/h4-6,16H,7,15H2,1-3H3. The number of aryl methyl sites for hydroxylation is 2. The zero-order valence-corrected chi connectivity index (χ0v) is 13.6. The Morgan fingerprint density at radius 1 is 1.38 bits per heavy atom. The average molecular weight is 329 g/mol. The van der Waals surface area contributed by atoms with Crippen LogP contribution in [0.5, 0.6) is 0 Å². The minimum absolute atomic E-state index is 0.0193. The monoisotopic (exact) mass is 328 g/mol. The van der Waals surface area contributed by atoms with Crippen molar-refractivity contribution < 1.29 is 8.42 Å². The third kappa shape index (κ3) is 3.20. The number of benzene rings is 1. The van der Waals surface area contributed by atoms with Crippen molar-refractivity contribution in [3.63, 3.8) is 0 Å². The number of rotatable bonds is 4. The summed E-state index contributed by atoms with van der Waals surface area (Å²) in [6, 6.07) is 4.35. The van der Waals surface area contributed by atoms with Gasteiger partial charge in [0.25, 0.3) is 0 Å². The Balaban J connectivity index is 2.28. The van der Waals surface area contributed by atoms with E-state index in [-0.39, 0.29) is 17.1 Å². The molecular formula is C13H17ClN4O2S. The molecule has 0 spiro atoms. The van der Waals surface area contributed by atoms with E-state index in [2.05, 4.69) is 9.82 Å². The van der Waals surface area contributed by atoms with E-state index in [9.17, 15) is 8.42 Å². The van der Waals surface area contributed by atoms with Crippen molar-refractivity contribution in [2.75, 3.05) is 5.73 Å². The van der Waals surface area contributed by atoms with Gasteiger partial charge in [-0.25, -0.2) is 13.1 Å². The number of nitrogen functional groups attached to an aromatic ring is 1. The van der Waals surface area contributed by atoms with Crippen LogP contribution in [0.1, 0.15) is 17.0 Å². The molecule has 0 fully saturated rings. The highest BCUT2D eigenvalue weighted by Gasteiger charge is 2.19. The first-order valence-corrected chi connectivity index (χ1v) is 8.12. The van der Waals surface area contributed by atoms with Crippen molar-refractivity contribution in [2.24, 2.45) is 7.05 Å². The number of hydrogen-bond donors (Lipinski definition) is 2. The zero-order chi connectivity index (χ0) is 15.8. The lowest BCUT2D eigenvalue weighted by atomic mass is 10.2. The van der Waals surface area contributed by atoms with Crippen LogP contribution in [0.2, 0.25) is 5.02 Å². The fraction of sp³-hybridized carbons (Fsp3) is 0.308. The molecule has 0 bridgehead atoms. The summed E-state index contributed by atoms with van der Waals surface area (Å²) in [7, 11) is -1.92. The van der Waals surface area contributed by atoms with Gasteiger partial charge in [0.15, 0.2) is 0 Å². The maximum absolute atomic E-state index is 12.3. The fourth-order valence-electron chi connectivity index (χ4n) is 2.06. The second-order valence-electron chi connectivity index (χ2n) is 4.78. The van der Waals surface area contributed by atoms with E-state index >= 15 is 0 Å². The molecule has 2 aromatic rings. The van der Waals surface area contributed by atoms with Crippen LogP contribution in [-0.2, 0) is 23.6 Å². The Bertz CT molecular complexity index is 784. The molecule has 0 aliphatic carbocycles. The summed E-state index contributed by atoms with van der Waals surface area (Å²) in [6.07, 6.45) is 0. The van der Waals surface area contributed by atoms with Crippen molar-refractivity contribution in [1.82, 2.24) is 14.5 Å². The van der Waals surface area contributed by atoms with E-state index in [4.69, 9.17) is 17.3 Å². The number of anilines is 1. The summed E-state index contributed by atoms with van der Waals surface area (Å²) >= 11 is 5.83. The zero-order valence-electron chi connectivity index (χ0n) is 12.0. The first-order valence-electron chi connectivity index (χ1n) is 6.26. The summed E-state index contributed by atoms with van der Waals surface area (Å²) in [5.74, 6) is 0. The van der Waals surface area contributed by atoms with E-state index in [0.29, 0.717) is 5.02 Å². The summed E-state index contributed by atoms with van der Waals surface area (Å²) in [5.41, 5.74) is 8.42. The molecule has 0 aliphatic heterocycles. The van der Waals surface area contributed by atoms with Gasteiger partial charge >= 0.3 is 0 Å². The maximum Gasteiger partial charge on any atom is 0.242 e. The number of nitrogens with two attached hydrogens (primary N) is 1. The van der Waals surface area contributed by atoms with Gasteiger partial charge in [0, 0.05) is 29.9 Å². The molecule has 6 nitrogen and oxygen atoms in total. The van der Waals surface area contributed by atoms with Crippen molar-refractivity contribution in [2.45, 2.75) is 25.3 Å². The van der Waals surface area contributed by atoms with Crippen LogP contribution in [-0.4, -0.2) is 18.2 Å². The van der Waals surface area contributed by atoms with Gasteiger partial charge in [-0.3, -0.25) is 4.68 Å². The molecule has 0 radical (unpaired) electrons. The number of halogens is 1. The number of nitrogens with one attached hydrogen (secondary N) is 1. The van der Waals surface area contributed by atoms with Gasteiger partial charge in [0.2, 0.25) is 10.0 Å². The Hall–Kier alpha value is -1.57. The lowest BCUT2D eigenvalue weighted by Crippen LogP contribution is -2.24. The maximum atomic E-state index is 12.3. The minimum Gasteiger partial charge on any atom is -0.398 e. The molecular weight excluding hydrogens is 312 g/mol. The molecule has 1 aromatic carbocycles. The van der Waals surface area contributed by atoms with Crippen LogP contribution in [0.3, 0.4) is 0 Å². The van der Waals surface area contributed by atoms with E-state index in [1.165, 1.54) is 12.1 Å². The minimum atomic E-state index is -3.73. The smallest absolute Gasteiger partial charge is 0.242 e. The van der Waals surface area contributed by atoms with Crippen LogP contribution in [0.15, 0.2) is 23.1 Å². The second-order valence-corrected chi connectivity index (χ2v) is 6.95. The topological polar surface area (TPSA) is 90.0 Å². The molecule has 0 saturated heterocycles. The molecule has 21 heavy (non-hydrogen) atoms. The first kappa shape index (κ1) is 15.8. The number of sulfonamides is 1. The molecule has 2 rings (SSSR count). The van der Waals surface area contributed by atoms with Crippen molar-refractivity contribution in [1.29, 1.82) is 0 Å². The molecule has 0 atom stereocenters. The van der Waals surface area contributed by atoms with Gasteiger partial charge in [-0.1, -0.05) is 11.6 Å². The largest absolute Gasteiger partial charge is 0.398 e. The Labute approximate surface area is 129 Å². The molecule has 114 valence electrons.